The van der Waals surface area contributed by atoms with E-state index < -0.39 is 8.32 Å². The van der Waals surface area contributed by atoms with Gasteiger partial charge in [-0.2, -0.15) is 0 Å². The summed E-state index contributed by atoms with van der Waals surface area (Å²) in [5, 5.41) is 3.27. The molecule has 9 heteroatoms. The van der Waals surface area contributed by atoms with Crippen molar-refractivity contribution in [3.8, 4) is 0 Å². The van der Waals surface area contributed by atoms with Crippen LogP contribution in [-0.2, 0) is 18.8 Å². The molecule has 3 rings (SSSR count). The summed E-state index contributed by atoms with van der Waals surface area (Å²) in [6.07, 6.45) is 3.67. The molecule has 0 spiro atoms. The van der Waals surface area contributed by atoms with Crippen molar-refractivity contribution in [2.75, 3.05) is 19.7 Å². The SMILES string of the molecule is C=CCOC(=O)N1CC(S[C@H]2CCC[C@H]([C@H]3NC(=O)[C@@H]3[C@@H](C)O[Si](C)(C)C(C)(C)C)C2=O)C1. The van der Waals surface area contributed by atoms with Crippen LogP contribution in [0.25, 0.3) is 0 Å². The number of β-lactam (4-membered cyclic amide) rings is 1. The smallest absolute Gasteiger partial charge is 0.410 e. The van der Waals surface area contributed by atoms with Crippen LogP contribution >= 0.6 is 11.8 Å². The Morgan fingerprint density at radius 2 is 1.97 bits per heavy atom. The highest BCUT2D eigenvalue weighted by atomic mass is 32.2. The van der Waals surface area contributed by atoms with E-state index >= 15 is 0 Å². The van der Waals surface area contributed by atoms with Gasteiger partial charge in [-0.3, -0.25) is 9.59 Å². The Bertz CT molecular complexity index is 777. The second-order valence-electron chi connectivity index (χ2n) is 11.1. The Balaban J connectivity index is 1.55. The minimum Gasteiger partial charge on any atom is -0.445 e. The summed E-state index contributed by atoms with van der Waals surface area (Å²) in [5.41, 5.74) is 0. The average Bonchev–Trinajstić information content (AvgIpc) is 2.66. The maximum atomic E-state index is 13.4. The molecular weight excluding hydrogens is 456 g/mol. The first-order valence-corrected chi connectivity index (χ1v) is 15.9. The quantitative estimate of drug-likeness (QED) is 0.311. The number of ketones is 1. The van der Waals surface area contributed by atoms with Crippen molar-refractivity contribution in [3.63, 3.8) is 0 Å². The minimum atomic E-state index is -2.01. The molecule has 0 aromatic rings. The van der Waals surface area contributed by atoms with Gasteiger partial charge in [0, 0.05) is 24.3 Å². The van der Waals surface area contributed by atoms with Gasteiger partial charge in [0.15, 0.2) is 14.1 Å². The van der Waals surface area contributed by atoms with Gasteiger partial charge in [0.25, 0.3) is 0 Å². The number of rotatable bonds is 8. The van der Waals surface area contributed by atoms with E-state index in [-0.39, 0.29) is 63.9 Å². The second-order valence-corrected chi connectivity index (χ2v) is 17.4. The molecule has 0 aromatic heterocycles. The molecule has 186 valence electrons. The van der Waals surface area contributed by atoms with Crippen molar-refractivity contribution in [2.24, 2.45) is 11.8 Å². The number of Topliss-reactive ketones (excluding diaryl/α,β-unsaturated/α-hetero) is 1. The van der Waals surface area contributed by atoms with Crippen molar-refractivity contribution < 1.29 is 23.5 Å². The fourth-order valence-corrected chi connectivity index (χ4v) is 7.69. The molecule has 3 aliphatic rings. The van der Waals surface area contributed by atoms with E-state index in [9.17, 15) is 14.4 Å². The number of nitrogens with zero attached hydrogens (tertiary/aromatic N) is 1. The lowest BCUT2D eigenvalue weighted by atomic mass is 9.72. The zero-order chi connectivity index (χ0) is 24.6. The zero-order valence-corrected chi connectivity index (χ0v) is 22.7. The Morgan fingerprint density at radius 1 is 1.30 bits per heavy atom. The number of nitrogens with one attached hydrogen (secondary N) is 1. The first-order valence-electron chi connectivity index (χ1n) is 12.1. The van der Waals surface area contributed by atoms with Gasteiger partial charge in [-0.15, -0.1) is 11.8 Å². The standard InChI is InChI=1S/C24H40N2O5SSi/c1-8-12-30-23(29)26-13-16(14-26)32-18-11-9-10-17(21(18)27)20-19(22(28)25-20)15(2)31-33(6,7)24(3,4)5/h8,15-20H,1,9-14H2,2-7H3,(H,25,28)/t15-,17-,18+,19-,20-/m1/s1. The fourth-order valence-electron chi connectivity index (χ4n) is 4.65. The van der Waals surface area contributed by atoms with E-state index in [1.54, 1.807) is 22.7 Å². The highest BCUT2D eigenvalue weighted by molar-refractivity contribution is 8.01. The molecule has 7 nitrogen and oxygen atoms in total. The van der Waals surface area contributed by atoms with Crippen LogP contribution in [0.2, 0.25) is 18.1 Å². The van der Waals surface area contributed by atoms with Gasteiger partial charge in [0.2, 0.25) is 5.91 Å². The van der Waals surface area contributed by atoms with Gasteiger partial charge in [0.05, 0.1) is 23.3 Å². The van der Waals surface area contributed by atoms with Gasteiger partial charge in [0.1, 0.15) is 6.61 Å². The average molecular weight is 497 g/mol. The summed E-state index contributed by atoms with van der Waals surface area (Å²) in [4.78, 5) is 39.5. The summed E-state index contributed by atoms with van der Waals surface area (Å²) in [7, 11) is -2.01. The molecule has 3 fully saturated rings. The number of thioether (sulfide) groups is 1. The normalized spacial score (nSPS) is 29.6. The molecule has 2 saturated heterocycles. The van der Waals surface area contributed by atoms with E-state index in [2.05, 4.69) is 45.8 Å². The van der Waals surface area contributed by atoms with Crippen LogP contribution in [0.3, 0.4) is 0 Å². The lowest BCUT2D eigenvalue weighted by Crippen LogP contribution is -2.68. The predicted octanol–water partition coefficient (Wildman–Crippen LogP) is 3.99. The largest absolute Gasteiger partial charge is 0.445 e. The van der Waals surface area contributed by atoms with E-state index in [1.165, 1.54) is 0 Å². The Morgan fingerprint density at radius 3 is 2.55 bits per heavy atom. The lowest BCUT2D eigenvalue weighted by molar-refractivity contribution is -0.145. The second kappa shape index (κ2) is 10.1. The van der Waals surface area contributed by atoms with E-state index in [4.69, 9.17) is 9.16 Å². The molecule has 0 unspecified atom stereocenters. The molecule has 2 aliphatic heterocycles. The van der Waals surface area contributed by atoms with Crippen LogP contribution in [0.4, 0.5) is 4.79 Å². The summed E-state index contributed by atoms with van der Waals surface area (Å²) in [5.74, 6) is -0.177. The first kappa shape index (κ1) is 26.3. The molecule has 1 aliphatic carbocycles. The van der Waals surface area contributed by atoms with E-state index in [0.717, 1.165) is 19.3 Å². The summed E-state index contributed by atoms with van der Waals surface area (Å²) < 4.78 is 11.6. The molecule has 2 heterocycles. The van der Waals surface area contributed by atoms with E-state index in [0.29, 0.717) is 13.1 Å². The van der Waals surface area contributed by atoms with Crippen LogP contribution in [0.1, 0.15) is 47.0 Å². The third-order valence-corrected chi connectivity index (χ3v) is 13.7. The highest BCUT2D eigenvalue weighted by Gasteiger charge is 2.53. The van der Waals surface area contributed by atoms with Crippen molar-refractivity contribution in [3.05, 3.63) is 12.7 Å². The van der Waals surface area contributed by atoms with Gasteiger partial charge in [-0.25, -0.2) is 4.79 Å². The monoisotopic (exact) mass is 496 g/mol. The minimum absolute atomic E-state index is 0.00135. The molecular formula is C24H40N2O5SSi. The number of carbonyl (C=O) groups excluding carboxylic acids is 3. The fraction of sp³-hybridized carbons (Fsp3) is 0.792. The topological polar surface area (TPSA) is 84.9 Å². The van der Waals surface area contributed by atoms with Crippen molar-refractivity contribution in [2.45, 2.75) is 87.7 Å². The van der Waals surface area contributed by atoms with Crippen molar-refractivity contribution in [1.29, 1.82) is 0 Å². The third-order valence-electron chi connectivity index (χ3n) is 7.68. The highest BCUT2D eigenvalue weighted by Crippen LogP contribution is 2.42. The Kier molecular flexibility index (Phi) is 8.06. The number of likely N-dealkylation sites (tertiary alicyclic amines) is 1. The van der Waals surface area contributed by atoms with Crippen LogP contribution in [0.5, 0.6) is 0 Å². The maximum absolute atomic E-state index is 13.4. The summed E-state index contributed by atoms with van der Waals surface area (Å²) in [6, 6.07) is -0.139. The number of hydrogen-bond donors (Lipinski definition) is 1. The van der Waals surface area contributed by atoms with Gasteiger partial charge < -0.3 is 19.4 Å². The van der Waals surface area contributed by atoms with E-state index in [1.807, 2.05) is 6.92 Å². The molecule has 0 aromatic carbocycles. The van der Waals surface area contributed by atoms with Crippen LogP contribution in [0, 0.1) is 11.8 Å². The molecule has 33 heavy (non-hydrogen) atoms. The zero-order valence-electron chi connectivity index (χ0n) is 20.9. The number of amides is 2. The summed E-state index contributed by atoms with van der Waals surface area (Å²) in [6.45, 7) is 17.9. The third kappa shape index (κ3) is 5.67. The number of hydrogen-bond acceptors (Lipinski definition) is 6. The summed E-state index contributed by atoms with van der Waals surface area (Å²) >= 11 is 1.68. The first-order chi connectivity index (χ1) is 15.4. The molecule has 0 radical (unpaired) electrons. The van der Waals surface area contributed by atoms with Gasteiger partial charge in [-0.05, 0) is 37.9 Å². The molecule has 1 N–H and O–H groups in total. The Hall–Kier alpha value is -1.32. The molecule has 5 atom stereocenters. The van der Waals surface area contributed by atoms with Crippen LogP contribution < -0.4 is 5.32 Å². The molecule has 1 saturated carbocycles. The number of carbonyl (C=O) groups is 3. The van der Waals surface area contributed by atoms with Gasteiger partial charge >= 0.3 is 6.09 Å². The number of ether oxygens (including phenoxy) is 1. The van der Waals surface area contributed by atoms with Crippen LogP contribution in [0.15, 0.2) is 12.7 Å². The van der Waals surface area contributed by atoms with Crippen molar-refractivity contribution in [1.82, 2.24) is 10.2 Å². The predicted molar refractivity (Wildman–Crippen MR) is 134 cm³/mol. The molecule has 0 bridgehead atoms. The lowest BCUT2D eigenvalue weighted by Gasteiger charge is -2.49. The Labute approximate surface area is 203 Å². The molecule has 2 amide bonds. The van der Waals surface area contributed by atoms with Crippen LogP contribution in [-0.4, -0.2) is 73.3 Å². The van der Waals surface area contributed by atoms with Crippen molar-refractivity contribution >= 4 is 37.9 Å². The maximum Gasteiger partial charge on any atom is 0.410 e. The van der Waals surface area contributed by atoms with Gasteiger partial charge in [-0.1, -0.05) is 39.8 Å².